The van der Waals surface area contributed by atoms with Gasteiger partial charge in [0.2, 0.25) is 0 Å². The second-order valence-electron chi connectivity index (χ2n) is 3.82. The summed E-state index contributed by atoms with van der Waals surface area (Å²) in [6.45, 7) is 0. The van der Waals surface area contributed by atoms with Crippen molar-refractivity contribution in [3.05, 3.63) is 23.8 Å². The molecule has 1 aromatic carbocycles. The molecule has 0 spiro atoms. The van der Waals surface area contributed by atoms with Crippen molar-refractivity contribution in [2.75, 3.05) is 38.0 Å². The van der Waals surface area contributed by atoms with Crippen LogP contribution in [0.25, 0.3) is 0 Å². The summed E-state index contributed by atoms with van der Waals surface area (Å²) in [4.78, 5) is 4.03. The largest absolute Gasteiger partial charge is 0.411 e. The molecule has 0 aliphatic heterocycles. The van der Waals surface area contributed by atoms with Crippen molar-refractivity contribution < 1.29 is 5.21 Å². The van der Waals surface area contributed by atoms with E-state index in [-0.39, 0.29) is 0 Å². The molecule has 0 aliphatic rings. The lowest BCUT2D eigenvalue weighted by molar-refractivity contribution is 0.322. The molecular formula is C11H17N3O. The minimum atomic E-state index is 0.882. The fraction of sp³-hybridized carbons (Fsp3) is 0.364. The third-order valence-corrected chi connectivity index (χ3v) is 2.16. The Morgan fingerprint density at radius 2 is 1.47 bits per heavy atom. The maximum atomic E-state index is 8.52. The Hall–Kier alpha value is -1.71. The number of oxime groups is 1. The molecule has 0 saturated heterocycles. The van der Waals surface area contributed by atoms with Crippen molar-refractivity contribution in [3.8, 4) is 0 Å². The highest BCUT2D eigenvalue weighted by atomic mass is 16.4. The summed E-state index contributed by atoms with van der Waals surface area (Å²) in [5.41, 5.74) is 3.04. The molecule has 0 radical (unpaired) electrons. The Bertz CT molecular complexity index is 333. The van der Waals surface area contributed by atoms with E-state index in [4.69, 9.17) is 5.21 Å². The maximum Gasteiger partial charge on any atom is 0.0735 e. The molecule has 1 N–H and O–H groups in total. The Morgan fingerprint density at radius 1 is 1.00 bits per heavy atom. The van der Waals surface area contributed by atoms with E-state index in [0.29, 0.717) is 0 Å². The first-order chi connectivity index (χ1) is 7.04. The molecule has 1 rings (SSSR count). The van der Waals surface area contributed by atoms with Crippen molar-refractivity contribution >= 4 is 17.6 Å². The lowest BCUT2D eigenvalue weighted by atomic mass is 10.1. The minimum Gasteiger partial charge on any atom is -0.411 e. The Morgan fingerprint density at radius 3 is 1.80 bits per heavy atom. The summed E-state index contributed by atoms with van der Waals surface area (Å²) in [6, 6.07) is 6.01. The van der Waals surface area contributed by atoms with Crippen molar-refractivity contribution in [1.29, 1.82) is 0 Å². The minimum absolute atomic E-state index is 0.882. The van der Waals surface area contributed by atoms with E-state index >= 15 is 0 Å². The first-order valence-corrected chi connectivity index (χ1v) is 4.71. The van der Waals surface area contributed by atoms with Crippen LogP contribution in [0.4, 0.5) is 11.4 Å². The molecule has 1 aromatic rings. The smallest absolute Gasteiger partial charge is 0.0735 e. The molecule has 0 fully saturated rings. The average Bonchev–Trinajstić information content (AvgIpc) is 2.17. The van der Waals surface area contributed by atoms with Gasteiger partial charge in [0.05, 0.1) is 6.21 Å². The van der Waals surface area contributed by atoms with Crippen LogP contribution in [0, 0.1) is 0 Å². The van der Waals surface area contributed by atoms with Gasteiger partial charge in [-0.2, -0.15) is 0 Å². The monoisotopic (exact) mass is 207 g/mol. The SMILES string of the molecule is CN(C)c1cc(/C=N/O)cc(N(C)C)c1. The van der Waals surface area contributed by atoms with Crippen molar-refractivity contribution in [3.63, 3.8) is 0 Å². The highest BCUT2D eigenvalue weighted by Gasteiger charge is 2.03. The van der Waals surface area contributed by atoms with Gasteiger partial charge in [0.15, 0.2) is 0 Å². The third-order valence-electron chi connectivity index (χ3n) is 2.16. The number of anilines is 2. The second-order valence-corrected chi connectivity index (χ2v) is 3.82. The molecular weight excluding hydrogens is 190 g/mol. The van der Waals surface area contributed by atoms with Crippen LogP contribution in [-0.4, -0.2) is 39.6 Å². The van der Waals surface area contributed by atoms with Gasteiger partial charge < -0.3 is 15.0 Å². The summed E-state index contributed by atoms with van der Waals surface area (Å²) in [6.07, 6.45) is 1.43. The summed E-state index contributed by atoms with van der Waals surface area (Å²) in [5, 5.41) is 11.6. The van der Waals surface area contributed by atoms with Crippen LogP contribution in [0.15, 0.2) is 23.4 Å². The van der Waals surface area contributed by atoms with Gasteiger partial charge in [-0.05, 0) is 18.2 Å². The fourth-order valence-corrected chi connectivity index (χ4v) is 1.28. The lowest BCUT2D eigenvalue weighted by Gasteiger charge is -2.18. The van der Waals surface area contributed by atoms with Gasteiger partial charge in [0.1, 0.15) is 0 Å². The van der Waals surface area contributed by atoms with Crippen LogP contribution in [0.2, 0.25) is 0 Å². The maximum absolute atomic E-state index is 8.52. The van der Waals surface area contributed by atoms with E-state index in [1.807, 2.05) is 50.1 Å². The zero-order valence-electron chi connectivity index (χ0n) is 9.60. The molecule has 15 heavy (non-hydrogen) atoms. The Balaban J connectivity index is 3.20. The second kappa shape index (κ2) is 4.68. The molecule has 82 valence electrons. The molecule has 0 heterocycles. The standard InChI is InChI=1S/C11H17N3O/c1-13(2)10-5-9(8-12-15)6-11(7-10)14(3)4/h5-8,15H,1-4H3/b12-8+. The highest BCUT2D eigenvalue weighted by molar-refractivity contribution is 5.83. The normalized spacial score (nSPS) is 10.7. The number of hydrogen-bond acceptors (Lipinski definition) is 4. The number of hydrogen-bond donors (Lipinski definition) is 1. The highest BCUT2D eigenvalue weighted by Crippen LogP contribution is 2.21. The van der Waals surface area contributed by atoms with E-state index in [1.54, 1.807) is 0 Å². The zero-order valence-corrected chi connectivity index (χ0v) is 9.60. The summed E-state index contributed by atoms with van der Waals surface area (Å²) < 4.78 is 0. The van der Waals surface area contributed by atoms with Crippen LogP contribution < -0.4 is 9.80 Å². The quantitative estimate of drug-likeness (QED) is 0.465. The molecule has 0 amide bonds. The average molecular weight is 207 g/mol. The van der Waals surface area contributed by atoms with Crippen LogP contribution in [0.3, 0.4) is 0 Å². The van der Waals surface area contributed by atoms with Crippen LogP contribution in [0.1, 0.15) is 5.56 Å². The first kappa shape index (κ1) is 11.4. The molecule has 0 atom stereocenters. The Labute approximate surface area is 90.4 Å². The molecule has 0 saturated carbocycles. The summed E-state index contributed by atoms with van der Waals surface area (Å²) in [5.74, 6) is 0. The van der Waals surface area contributed by atoms with E-state index in [9.17, 15) is 0 Å². The van der Waals surface area contributed by atoms with E-state index < -0.39 is 0 Å². The molecule has 0 aromatic heterocycles. The van der Waals surface area contributed by atoms with Gasteiger partial charge in [-0.1, -0.05) is 5.16 Å². The fourth-order valence-electron chi connectivity index (χ4n) is 1.28. The number of benzene rings is 1. The third kappa shape index (κ3) is 2.87. The van der Waals surface area contributed by atoms with Crippen LogP contribution in [0.5, 0.6) is 0 Å². The zero-order chi connectivity index (χ0) is 11.4. The molecule has 0 aliphatic carbocycles. The summed E-state index contributed by atoms with van der Waals surface area (Å²) >= 11 is 0. The number of nitrogens with zero attached hydrogens (tertiary/aromatic N) is 3. The van der Waals surface area contributed by atoms with Gasteiger partial charge in [0, 0.05) is 45.1 Å². The molecule has 4 heteroatoms. The Kier molecular flexibility index (Phi) is 3.55. The van der Waals surface area contributed by atoms with E-state index in [1.165, 1.54) is 6.21 Å². The van der Waals surface area contributed by atoms with Crippen molar-refractivity contribution in [2.45, 2.75) is 0 Å². The number of rotatable bonds is 3. The molecule has 0 bridgehead atoms. The molecule has 0 unspecified atom stereocenters. The van der Waals surface area contributed by atoms with Gasteiger partial charge in [0.25, 0.3) is 0 Å². The van der Waals surface area contributed by atoms with E-state index in [0.717, 1.165) is 16.9 Å². The van der Waals surface area contributed by atoms with Gasteiger partial charge in [-0.25, -0.2) is 0 Å². The topological polar surface area (TPSA) is 39.1 Å². The van der Waals surface area contributed by atoms with Gasteiger partial charge >= 0.3 is 0 Å². The van der Waals surface area contributed by atoms with Gasteiger partial charge in [-0.15, -0.1) is 0 Å². The lowest BCUT2D eigenvalue weighted by Crippen LogP contribution is -2.13. The van der Waals surface area contributed by atoms with Crippen LogP contribution in [-0.2, 0) is 0 Å². The van der Waals surface area contributed by atoms with Crippen LogP contribution >= 0.6 is 0 Å². The van der Waals surface area contributed by atoms with Crippen molar-refractivity contribution in [2.24, 2.45) is 5.16 Å². The molecule has 4 nitrogen and oxygen atoms in total. The van der Waals surface area contributed by atoms with E-state index in [2.05, 4.69) is 11.2 Å². The van der Waals surface area contributed by atoms with Crippen molar-refractivity contribution in [1.82, 2.24) is 0 Å². The predicted molar refractivity (Wildman–Crippen MR) is 64.5 cm³/mol. The first-order valence-electron chi connectivity index (χ1n) is 4.71. The summed E-state index contributed by atoms with van der Waals surface area (Å²) in [7, 11) is 7.92. The predicted octanol–water partition coefficient (Wildman–Crippen LogP) is 1.63. The van der Waals surface area contributed by atoms with Gasteiger partial charge in [-0.3, -0.25) is 0 Å².